The molecular formula is C18H17N3O5. The van der Waals surface area contributed by atoms with Crippen LogP contribution in [-0.2, 0) is 4.79 Å². The van der Waals surface area contributed by atoms with Gasteiger partial charge in [0.05, 0.1) is 19.9 Å². The minimum Gasteiger partial charge on any atom is -0.497 e. The maximum atomic E-state index is 12.0. The number of ether oxygens (including phenoxy) is 3. The van der Waals surface area contributed by atoms with Gasteiger partial charge in [-0.3, -0.25) is 9.59 Å². The molecule has 134 valence electrons. The SMILES string of the molecule is COc1cccc(C(=O)NCC(=O)NN=Cc2ccc3c(c2)OCO3)c1. The zero-order valence-electron chi connectivity index (χ0n) is 14.0. The summed E-state index contributed by atoms with van der Waals surface area (Å²) in [7, 11) is 1.52. The molecular weight excluding hydrogens is 338 g/mol. The second kappa shape index (κ2) is 8.02. The number of hydrogen-bond donors (Lipinski definition) is 2. The molecule has 0 atom stereocenters. The first-order valence-electron chi connectivity index (χ1n) is 7.79. The Balaban J connectivity index is 1.47. The van der Waals surface area contributed by atoms with Crippen LogP contribution in [0.5, 0.6) is 17.2 Å². The van der Waals surface area contributed by atoms with Crippen LogP contribution >= 0.6 is 0 Å². The number of methoxy groups -OCH3 is 1. The fourth-order valence-corrected chi connectivity index (χ4v) is 2.24. The maximum Gasteiger partial charge on any atom is 0.259 e. The molecule has 1 heterocycles. The number of nitrogens with zero attached hydrogens (tertiary/aromatic N) is 1. The van der Waals surface area contributed by atoms with Gasteiger partial charge in [0.1, 0.15) is 5.75 Å². The molecule has 3 rings (SSSR count). The number of amides is 2. The van der Waals surface area contributed by atoms with E-state index in [1.165, 1.54) is 13.3 Å². The largest absolute Gasteiger partial charge is 0.497 e. The number of rotatable bonds is 6. The Morgan fingerprint density at radius 1 is 1.19 bits per heavy atom. The molecule has 0 fully saturated rings. The van der Waals surface area contributed by atoms with Crippen LogP contribution in [0.4, 0.5) is 0 Å². The van der Waals surface area contributed by atoms with Crippen LogP contribution < -0.4 is 25.0 Å². The Labute approximate surface area is 149 Å². The molecule has 8 nitrogen and oxygen atoms in total. The Hall–Kier alpha value is -3.55. The van der Waals surface area contributed by atoms with E-state index in [-0.39, 0.29) is 19.2 Å². The fourth-order valence-electron chi connectivity index (χ4n) is 2.24. The number of hydrazone groups is 1. The molecule has 0 aliphatic carbocycles. The van der Waals surface area contributed by atoms with Gasteiger partial charge in [-0.05, 0) is 42.0 Å². The lowest BCUT2D eigenvalue weighted by Gasteiger charge is -2.06. The van der Waals surface area contributed by atoms with Crippen LogP contribution in [-0.4, -0.2) is 38.5 Å². The van der Waals surface area contributed by atoms with Crippen LogP contribution in [0.2, 0.25) is 0 Å². The van der Waals surface area contributed by atoms with Crippen molar-refractivity contribution in [3.8, 4) is 17.2 Å². The smallest absolute Gasteiger partial charge is 0.259 e. The zero-order chi connectivity index (χ0) is 18.4. The summed E-state index contributed by atoms with van der Waals surface area (Å²) in [4.78, 5) is 23.8. The third kappa shape index (κ3) is 4.29. The summed E-state index contributed by atoms with van der Waals surface area (Å²) < 4.78 is 15.5. The van der Waals surface area contributed by atoms with Crippen molar-refractivity contribution in [2.45, 2.75) is 0 Å². The molecule has 0 radical (unpaired) electrons. The lowest BCUT2D eigenvalue weighted by Crippen LogP contribution is -2.34. The van der Waals surface area contributed by atoms with Crippen LogP contribution in [0.1, 0.15) is 15.9 Å². The van der Waals surface area contributed by atoms with Gasteiger partial charge < -0.3 is 19.5 Å². The van der Waals surface area contributed by atoms with Gasteiger partial charge in [0.2, 0.25) is 6.79 Å². The number of hydrogen-bond acceptors (Lipinski definition) is 6. The van der Waals surface area contributed by atoms with E-state index >= 15 is 0 Å². The van der Waals surface area contributed by atoms with Gasteiger partial charge >= 0.3 is 0 Å². The van der Waals surface area contributed by atoms with Crippen LogP contribution in [0.25, 0.3) is 0 Å². The van der Waals surface area contributed by atoms with Crippen molar-refractivity contribution >= 4 is 18.0 Å². The molecule has 2 aromatic carbocycles. The average molecular weight is 355 g/mol. The molecule has 0 saturated carbocycles. The number of fused-ring (bicyclic) bond motifs is 1. The molecule has 1 aliphatic heterocycles. The first kappa shape index (κ1) is 17.3. The molecule has 0 spiro atoms. The number of nitrogens with one attached hydrogen (secondary N) is 2. The first-order valence-corrected chi connectivity index (χ1v) is 7.79. The minimum absolute atomic E-state index is 0.194. The van der Waals surface area contributed by atoms with Crippen LogP contribution in [0, 0.1) is 0 Å². The van der Waals surface area contributed by atoms with E-state index in [9.17, 15) is 9.59 Å². The summed E-state index contributed by atoms with van der Waals surface area (Å²) in [6.07, 6.45) is 1.48. The van der Waals surface area contributed by atoms with Gasteiger partial charge in [0, 0.05) is 5.56 Å². The Morgan fingerprint density at radius 3 is 2.88 bits per heavy atom. The van der Waals surface area contributed by atoms with Gasteiger partial charge in [-0.2, -0.15) is 5.10 Å². The molecule has 0 saturated heterocycles. The lowest BCUT2D eigenvalue weighted by atomic mass is 10.2. The second-order valence-corrected chi connectivity index (χ2v) is 5.32. The standard InChI is InChI=1S/C18H17N3O5/c1-24-14-4-2-3-13(8-14)18(23)19-10-17(22)21-20-9-12-5-6-15-16(7-12)26-11-25-15/h2-9H,10-11H2,1H3,(H,19,23)(H,21,22). The highest BCUT2D eigenvalue weighted by molar-refractivity contribution is 5.96. The predicted molar refractivity (Wildman–Crippen MR) is 93.6 cm³/mol. The van der Waals surface area contributed by atoms with Crippen molar-refractivity contribution in [1.82, 2.24) is 10.7 Å². The Morgan fingerprint density at radius 2 is 2.04 bits per heavy atom. The highest BCUT2D eigenvalue weighted by Gasteiger charge is 2.12. The molecule has 0 aromatic heterocycles. The molecule has 8 heteroatoms. The predicted octanol–water partition coefficient (Wildman–Crippen LogP) is 1.30. The topological polar surface area (TPSA) is 98.2 Å². The zero-order valence-corrected chi connectivity index (χ0v) is 14.0. The van der Waals surface area contributed by atoms with E-state index < -0.39 is 5.91 Å². The number of carbonyl (C=O) groups excluding carboxylic acids is 2. The van der Waals surface area contributed by atoms with Crippen molar-refractivity contribution in [2.24, 2.45) is 5.10 Å². The van der Waals surface area contributed by atoms with E-state index in [0.29, 0.717) is 22.8 Å². The average Bonchev–Trinajstić information content (AvgIpc) is 3.14. The Kier molecular flexibility index (Phi) is 5.33. The van der Waals surface area contributed by atoms with Gasteiger partial charge in [-0.1, -0.05) is 6.07 Å². The van der Waals surface area contributed by atoms with Gasteiger partial charge in [-0.25, -0.2) is 5.43 Å². The van der Waals surface area contributed by atoms with E-state index in [1.807, 2.05) is 0 Å². The normalized spacial score (nSPS) is 12.0. The highest BCUT2D eigenvalue weighted by atomic mass is 16.7. The van der Waals surface area contributed by atoms with E-state index in [0.717, 1.165) is 5.56 Å². The summed E-state index contributed by atoms with van der Waals surface area (Å²) in [6, 6.07) is 12.0. The molecule has 0 bridgehead atoms. The highest BCUT2D eigenvalue weighted by Crippen LogP contribution is 2.31. The monoisotopic (exact) mass is 355 g/mol. The van der Waals surface area contributed by atoms with E-state index in [4.69, 9.17) is 14.2 Å². The minimum atomic E-state index is -0.446. The van der Waals surface area contributed by atoms with Crippen molar-refractivity contribution in [3.05, 3.63) is 53.6 Å². The quantitative estimate of drug-likeness (QED) is 0.601. The molecule has 1 aliphatic rings. The third-order valence-corrected chi connectivity index (χ3v) is 3.54. The number of carbonyl (C=O) groups is 2. The summed E-state index contributed by atoms with van der Waals surface area (Å²) in [5.74, 6) is 1.05. The van der Waals surface area contributed by atoms with Crippen LogP contribution in [0.3, 0.4) is 0 Å². The second-order valence-electron chi connectivity index (χ2n) is 5.32. The van der Waals surface area contributed by atoms with Crippen molar-refractivity contribution in [1.29, 1.82) is 0 Å². The summed E-state index contributed by atoms with van der Waals surface area (Å²) in [5.41, 5.74) is 3.50. The third-order valence-electron chi connectivity index (χ3n) is 3.54. The lowest BCUT2D eigenvalue weighted by molar-refractivity contribution is -0.120. The maximum absolute atomic E-state index is 12.0. The van der Waals surface area contributed by atoms with Gasteiger partial charge in [0.15, 0.2) is 11.5 Å². The van der Waals surface area contributed by atoms with Crippen molar-refractivity contribution in [3.63, 3.8) is 0 Å². The van der Waals surface area contributed by atoms with Crippen molar-refractivity contribution in [2.75, 3.05) is 20.4 Å². The summed E-state index contributed by atoms with van der Waals surface area (Å²) >= 11 is 0. The van der Waals surface area contributed by atoms with Crippen molar-refractivity contribution < 1.29 is 23.8 Å². The van der Waals surface area contributed by atoms with Gasteiger partial charge in [0.25, 0.3) is 11.8 Å². The van der Waals surface area contributed by atoms with Gasteiger partial charge in [-0.15, -0.1) is 0 Å². The number of benzene rings is 2. The molecule has 26 heavy (non-hydrogen) atoms. The summed E-state index contributed by atoms with van der Waals surface area (Å²) in [6.45, 7) is -0.00578. The van der Waals surface area contributed by atoms with E-state index in [2.05, 4.69) is 15.8 Å². The first-order chi connectivity index (χ1) is 12.7. The molecule has 2 amide bonds. The Bertz CT molecular complexity index is 850. The summed E-state index contributed by atoms with van der Waals surface area (Å²) in [5, 5.41) is 6.37. The fraction of sp³-hybridized carbons (Fsp3) is 0.167. The molecule has 2 aromatic rings. The van der Waals surface area contributed by atoms with E-state index in [1.54, 1.807) is 42.5 Å². The van der Waals surface area contributed by atoms with Crippen LogP contribution in [0.15, 0.2) is 47.6 Å². The molecule has 2 N–H and O–H groups in total. The molecule has 0 unspecified atom stereocenters.